The lowest BCUT2D eigenvalue weighted by atomic mass is 9.90. The average molecular weight is 351 g/mol. The monoisotopic (exact) mass is 351 g/mol. The predicted octanol–water partition coefficient (Wildman–Crippen LogP) is 3.52. The number of hydrogen-bond acceptors (Lipinski definition) is 4. The van der Waals surface area contributed by atoms with Gasteiger partial charge in [0.15, 0.2) is 0 Å². The third-order valence-corrected chi connectivity index (χ3v) is 6.08. The molecule has 2 aliphatic rings. The molecule has 2 aromatic rings. The van der Waals surface area contributed by atoms with Gasteiger partial charge in [-0.05, 0) is 50.6 Å². The maximum atomic E-state index is 5.70. The summed E-state index contributed by atoms with van der Waals surface area (Å²) >= 11 is 0. The Balaban J connectivity index is 1.64. The van der Waals surface area contributed by atoms with E-state index in [0.29, 0.717) is 0 Å². The van der Waals surface area contributed by atoms with Gasteiger partial charge in [-0.2, -0.15) is 0 Å². The van der Waals surface area contributed by atoms with E-state index in [0.717, 1.165) is 31.3 Å². The van der Waals surface area contributed by atoms with E-state index < -0.39 is 0 Å². The van der Waals surface area contributed by atoms with E-state index in [2.05, 4.69) is 52.2 Å². The van der Waals surface area contributed by atoms with E-state index in [9.17, 15) is 0 Å². The first kappa shape index (κ1) is 17.5. The summed E-state index contributed by atoms with van der Waals surface area (Å²) in [5.74, 6) is 0.970. The van der Waals surface area contributed by atoms with Crippen LogP contribution in [-0.2, 0) is 6.42 Å². The van der Waals surface area contributed by atoms with Crippen molar-refractivity contribution in [3.63, 3.8) is 0 Å². The number of fused-ring (bicyclic) bond motifs is 1. The summed E-state index contributed by atoms with van der Waals surface area (Å²) in [6.45, 7) is 3.42. The minimum atomic E-state index is 0.232. The third kappa shape index (κ3) is 3.36. The molecule has 0 spiro atoms. The molecule has 4 rings (SSSR count). The molecule has 0 bridgehead atoms. The van der Waals surface area contributed by atoms with Crippen LogP contribution in [0.3, 0.4) is 0 Å². The number of pyridine rings is 1. The summed E-state index contributed by atoms with van der Waals surface area (Å²) in [5, 5.41) is 0. The SMILES string of the molecule is COc1ccccc1C1c2cccnc2CCN1CCC1CCCN1C. The number of benzene rings is 1. The highest BCUT2D eigenvalue weighted by Crippen LogP contribution is 2.38. The van der Waals surface area contributed by atoms with Gasteiger partial charge in [-0.1, -0.05) is 24.3 Å². The maximum absolute atomic E-state index is 5.70. The molecule has 0 amide bonds. The van der Waals surface area contributed by atoms with Gasteiger partial charge in [0.1, 0.15) is 5.75 Å². The molecular formula is C22H29N3O. The first-order valence-corrected chi connectivity index (χ1v) is 9.79. The van der Waals surface area contributed by atoms with E-state index in [1.165, 1.54) is 42.6 Å². The van der Waals surface area contributed by atoms with Crippen molar-refractivity contribution in [3.05, 3.63) is 59.4 Å². The smallest absolute Gasteiger partial charge is 0.123 e. The van der Waals surface area contributed by atoms with E-state index in [4.69, 9.17) is 4.74 Å². The summed E-state index contributed by atoms with van der Waals surface area (Å²) in [6.07, 6.45) is 6.85. The zero-order valence-corrected chi connectivity index (χ0v) is 15.9. The molecule has 1 fully saturated rings. The van der Waals surface area contributed by atoms with Crippen LogP contribution in [0.4, 0.5) is 0 Å². The van der Waals surface area contributed by atoms with E-state index in [-0.39, 0.29) is 6.04 Å². The molecule has 138 valence electrons. The highest BCUT2D eigenvalue weighted by molar-refractivity contribution is 5.44. The predicted molar refractivity (Wildman–Crippen MR) is 105 cm³/mol. The number of para-hydroxylation sites is 1. The number of ether oxygens (including phenoxy) is 1. The highest BCUT2D eigenvalue weighted by atomic mass is 16.5. The maximum Gasteiger partial charge on any atom is 0.123 e. The molecule has 26 heavy (non-hydrogen) atoms. The molecule has 0 radical (unpaired) electrons. The van der Waals surface area contributed by atoms with Gasteiger partial charge in [0.25, 0.3) is 0 Å². The van der Waals surface area contributed by atoms with Gasteiger partial charge in [-0.15, -0.1) is 0 Å². The zero-order chi connectivity index (χ0) is 17.9. The summed E-state index contributed by atoms with van der Waals surface area (Å²) in [6, 6.07) is 13.7. The average Bonchev–Trinajstić information content (AvgIpc) is 3.10. The Morgan fingerprint density at radius 1 is 1.12 bits per heavy atom. The number of hydrogen-bond donors (Lipinski definition) is 0. The third-order valence-electron chi connectivity index (χ3n) is 6.08. The Morgan fingerprint density at radius 3 is 2.77 bits per heavy atom. The summed E-state index contributed by atoms with van der Waals surface area (Å²) < 4.78 is 5.70. The lowest BCUT2D eigenvalue weighted by molar-refractivity contribution is 0.180. The van der Waals surface area contributed by atoms with Crippen LogP contribution in [0, 0.1) is 0 Å². The van der Waals surface area contributed by atoms with Gasteiger partial charge in [0.05, 0.1) is 13.2 Å². The summed E-state index contributed by atoms with van der Waals surface area (Å²) in [5.41, 5.74) is 3.82. The number of likely N-dealkylation sites (tertiary alicyclic amines) is 1. The van der Waals surface area contributed by atoms with Crippen molar-refractivity contribution in [3.8, 4) is 5.75 Å². The first-order valence-electron chi connectivity index (χ1n) is 9.79. The van der Waals surface area contributed by atoms with Gasteiger partial charge in [0.2, 0.25) is 0 Å². The van der Waals surface area contributed by atoms with E-state index in [1.807, 2.05) is 12.3 Å². The van der Waals surface area contributed by atoms with Gasteiger partial charge >= 0.3 is 0 Å². The lowest BCUT2D eigenvalue weighted by Gasteiger charge is -2.38. The second-order valence-corrected chi connectivity index (χ2v) is 7.54. The molecule has 3 heterocycles. The fourth-order valence-corrected chi connectivity index (χ4v) is 4.64. The van der Waals surface area contributed by atoms with Crippen LogP contribution in [0.2, 0.25) is 0 Å². The van der Waals surface area contributed by atoms with Crippen LogP contribution in [0.1, 0.15) is 42.1 Å². The van der Waals surface area contributed by atoms with Crippen LogP contribution >= 0.6 is 0 Å². The number of nitrogens with zero attached hydrogens (tertiary/aromatic N) is 3. The van der Waals surface area contributed by atoms with Crippen molar-refractivity contribution in [1.82, 2.24) is 14.8 Å². The van der Waals surface area contributed by atoms with Gasteiger partial charge in [0, 0.05) is 43.0 Å². The fourth-order valence-electron chi connectivity index (χ4n) is 4.64. The van der Waals surface area contributed by atoms with Crippen molar-refractivity contribution < 1.29 is 4.74 Å². The Kier molecular flexibility index (Phi) is 5.23. The number of rotatable bonds is 5. The Morgan fingerprint density at radius 2 is 1.96 bits per heavy atom. The van der Waals surface area contributed by atoms with Crippen LogP contribution in [0.25, 0.3) is 0 Å². The van der Waals surface area contributed by atoms with Gasteiger partial charge in [-0.3, -0.25) is 9.88 Å². The van der Waals surface area contributed by atoms with Crippen molar-refractivity contribution in [2.75, 3.05) is 33.8 Å². The Hall–Kier alpha value is -1.91. The fraction of sp³-hybridized carbons (Fsp3) is 0.500. The first-order chi connectivity index (χ1) is 12.8. The quantitative estimate of drug-likeness (QED) is 0.824. The molecule has 4 nitrogen and oxygen atoms in total. The number of aromatic nitrogens is 1. The normalized spacial score (nSPS) is 23.8. The summed E-state index contributed by atoms with van der Waals surface area (Å²) in [7, 11) is 4.04. The molecule has 4 heteroatoms. The van der Waals surface area contributed by atoms with Crippen molar-refractivity contribution in [1.29, 1.82) is 0 Å². The molecule has 2 aliphatic heterocycles. The zero-order valence-electron chi connectivity index (χ0n) is 15.9. The van der Waals surface area contributed by atoms with E-state index >= 15 is 0 Å². The molecular weight excluding hydrogens is 322 g/mol. The largest absolute Gasteiger partial charge is 0.496 e. The topological polar surface area (TPSA) is 28.6 Å². The minimum Gasteiger partial charge on any atom is -0.496 e. The molecule has 1 aromatic heterocycles. The van der Waals surface area contributed by atoms with Gasteiger partial charge < -0.3 is 9.64 Å². The van der Waals surface area contributed by atoms with Crippen LogP contribution in [-0.4, -0.2) is 54.6 Å². The second-order valence-electron chi connectivity index (χ2n) is 7.54. The molecule has 2 atom stereocenters. The Bertz CT molecular complexity index is 748. The van der Waals surface area contributed by atoms with Gasteiger partial charge in [-0.25, -0.2) is 0 Å². The lowest BCUT2D eigenvalue weighted by Crippen LogP contribution is -2.39. The van der Waals surface area contributed by atoms with Crippen molar-refractivity contribution in [2.24, 2.45) is 0 Å². The van der Waals surface area contributed by atoms with Crippen molar-refractivity contribution >= 4 is 0 Å². The molecule has 0 saturated carbocycles. The summed E-state index contributed by atoms with van der Waals surface area (Å²) in [4.78, 5) is 9.82. The highest BCUT2D eigenvalue weighted by Gasteiger charge is 2.32. The molecule has 1 aromatic carbocycles. The molecule has 2 unspecified atom stereocenters. The van der Waals surface area contributed by atoms with E-state index in [1.54, 1.807) is 7.11 Å². The Labute approximate surface area is 156 Å². The van der Waals surface area contributed by atoms with Crippen LogP contribution < -0.4 is 4.74 Å². The molecule has 1 saturated heterocycles. The van der Waals surface area contributed by atoms with Crippen molar-refractivity contribution in [2.45, 2.75) is 37.8 Å². The number of methoxy groups -OCH3 is 1. The van der Waals surface area contributed by atoms with Crippen LogP contribution in [0.15, 0.2) is 42.6 Å². The minimum absolute atomic E-state index is 0.232. The van der Waals surface area contributed by atoms with Crippen LogP contribution in [0.5, 0.6) is 5.75 Å². The second kappa shape index (κ2) is 7.77. The standard InChI is InChI=1S/C22H29N3O/c1-24-14-6-7-17(24)11-15-25-16-12-20-18(9-5-13-23-20)22(25)19-8-3-4-10-21(19)26-2/h3-5,8-10,13,17,22H,6-7,11-12,14-16H2,1-2H3. The molecule has 0 aliphatic carbocycles. The molecule has 0 N–H and O–H groups in total.